The lowest BCUT2D eigenvalue weighted by Gasteiger charge is -2.13. The predicted octanol–water partition coefficient (Wildman–Crippen LogP) is 2.86. The molecule has 2 aromatic carbocycles. The molecule has 3 rings (SSSR count). The van der Waals surface area contributed by atoms with E-state index in [2.05, 4.69) is 10.4 Å². The summed E-state index contributed by atoms with van der Waals surface area (Å²) in [5, 5.41) is 6.83. The van der Waals surface area contributed by atoms with Gasteiger partial charge in [-0.15, -0.1) is 5.10 Å². The highest BCUT2D eigenvalue weighted by molar-refractivity contribution is 6.42. The highest BCUT2D eigenvalue weighted by atomic mass is 35.5. The lowest BCUT2D eigenvalue weighted by Crippen LogP contribution is -2.41. The van der Waals surface area contributed by atoms with Crippen molar-refractivity contribution >= 4 is 34.8 Å². The molecule has 0 aliphatic rings. The Morgan fingerprint density at radius 3 is 2.53 bits per heavy atom. The molecule has 0 aliphatic carbocycles. The number of methoxy groups -OCH3 is 1. The number of nitrogens with one attached hydrogen (secondary N) is 1. The second-order valence-electron chi connectivity index (χ2n) is 6.19. The molecular weight excluding hydrogens is 438 g/mol. The van der Waals surface area contributed by atoms with E-state index in [1.807, 2.05) is 0 Å². The maximum Gasteiger partial charge on any atom is 0.352 e. The average molecular weight is 453 g/mol. The van der Waals surface area contributed by atoms with Crippen molar-refractivity contribution in [3.63, 3.8) is 0 Å². The van der Waals surface area contributed by atoms with Crippen LogP contribution in [0, 0.1) is 5.82 Å². The van der Waals surface area contributed by atoms with Crippen molar-refractivity contribution in [2.45, 2.75) is 13.5 Å². The third-order valence-corrected chi connectivity index (χ3v) is 4.79. The number of hydrogen-bond acceptors (Lipinski definition) is 5. The van der Waals surface area contributed by atoms with Crippen LogP contribution >= 0.6 is 23.2 Å². The SMILES string of the molecule is COc1nn(-c2ccc(F)c(NC(C)=O)c2)c(=O)n(Cc2ccc(Cl)c(Cl)c2)c1=O. The Balaban J connectivity index is 2.16. The predicted molar refractivity (Wildman–Crippen MR) is 110 cm³/mol. The molecule has 11 heteroatoms. The first-order valence-corrected chi connectivity index (χ1v) is 9.26. The van der Waals surface area contributed by atoms with Crippen LogP contribution in [-0.2, 0) is 11.3 Å². The fraction of sp³-hybridized carbons (Fsp3) is 0.158. The fourth-order valence-electron chi connectivity index (χ4n) is 2.68. The van der Waals surface area contributed by atoms with E-state index in [1.165, 1.54) is 32.2 Å². The number of carbonyl (C=O) groups is 1. The molecule has 1 amide bonds. The molecule has 1 heterocycles. The molecule has 1 N–H and O–H groups in total. The van der Waals surface area contributed by atoms with Gasteiger partial charge >= 0.3 is 11.2 Å². The van der Waals surface area contributed by atoms with Gasteiger partial charge in [-0.05, 0) is 35.9 Å². The molecule has 8 nitrogen and oxygen atoms in total. The molecule has 0 radical (unpaired) electrons. The molecule has 1 aromatic heterocycles. The highest BCUT2D eigenvalue weighted by Crippen LogP contribution is 2.23. The number of carbonyl (C=O) groups excluding carboxylic acids is 1. The summed E-state index contributed by atoms with van der Waals surface area (Å²) in [4.78, 5) is 36.9. The van der Waals surface area contributed by atoms with Gasteiger partial charge in [0.05, 0.1) is 35.1 Å². The van der Waals surface area contributed by atoms with E-state index in [-0.39, 0.29) is 28.8 Å². The average Bonchev–Trinajstić information content (AvgIpc) is 2.69. The molecule has 0 unspecified atom stereocenters. The van der Waals surface area contributed by atoms with Gasteiger partial charge in [-0.3, -0.25) is 9.59 Å². The Morgan fingerprint density at radius 1 is 1.17 bits per heavy atom. The lowest BCUT2D eigenvalue weighted by molar-refractivity contribution is -0.114. The van der Waals surface area contributed by atoms with Crippen LogP contribution < -0.4 is 21.3 Å². The Hall–Kier alpha value is -3.17. The van der Waals surface area contributed by atoms with Crippen molar-refractivity contribution < 1.29 is 13.9 Å². The van der Waals surface area contributed by atoms with Gasteiger partial charge in [-0.25, -0.2) is 13.8 Å². The maximum absolute atomic E-state index is 14.0. The summed E-state index contributed by atoms with van der Waals surface area (Å²) in [5.74, 6) is -1.54. The number of amides is 1. The van der Waals surface area contributed by atoms with Gasteiger partial charge in [0.15, 0.2) is 0 Å². The third-order valence-electron chi connectivity index (χ3n) is 4.05. The van der Waals surface area contributed by atoms with Gasteiger partial charge in [-0.2, -0.15) is 4.68 Å². The van der Waals surface area contributed by atoms with E-state index in [9.17, 15) is 18.8 Å². The largest absolute Gasteiger partial charge is 0.476 e. The first-order valence-electron chi connectivity index (χ1n) is 8.51. The molecule has 156 valence electrons. The van der Waals surface area contributed by atoms with Gasteiger partial charge in [0.1, 0.15) is 5.82 Å². The zero-order valence-corrected chi connectivity index (χ0v) is 17.3. The zero-order chi connectivity index (χ0) is 22.0. The molecular formula is C19H15Cl2FN4O4. The Bertz CT molecular complexity index is 1260. The number of nitrogens with zero attached hydrogens (tertiary/aromatic N) is 3. The van der Waals surface area contributed by atoms with Crippen molar-refractivity contribution in [1.29, 1.82) is 0 Å². The Labute approximate surface area is 179 Å². The van der Waals surface area contributed by atoms with Crippen molar-refractivity contribution in [1.82, 2.24) is 14.3 Å². The summed E-state index contributed by atoms with van der Waals surface area (Å²) in [7, 11) is 1.23. The van der Waals surface area contributed by atoms with Crippen LogP contribution in [0.4, 0.5) is 10.1 Å². The minimum absolute atomic E-state index is 0.117. The van der Waals surface area contributed by atoms with E-state index < -0.39 is 23.0 Å². The van der Waals surface area contributed by atoms with Gasteiger partial charge in [0, 0.05) is 6.92 Å². The smallest absolute Gasteiger partial charge is 0.352 e. The number of hydrogen-bond donors (Lipinski definition) is 1. The standard InChI is InChI=1S/C19H15Cl2FN4O4/c1-10(27)23-16-8-12(4-6-15(16)22)26-19(29)25(18(28)17(24-26)30-2)9-11-3-5-13(20)14(21)7-11/h3-8H,9H2,1-2H3,(H,23,27). The van der Waals surface area contributed by atoms with Crippen LogP contribution in [0.25, 0.3) is 5.69 Å². The van der Waals surface area contributed by atoms with Gasteiger partial charge in [0.2, 0.25) is 5.91 Å². The van der Waals surface area contributed by atoms with E-state index >= 15 is 0 Å². The quantitative estimate of drug-likeness (QED) is 0.641. The molecule has 0 saturated heterocycles. The van der Waals surface area contributed by atoms with Crippen molar-refractivity contribution in [2.24, 2.45) is 0 Å². The topological polar surface area (TPSA) is 95.2 Å². The number of halogens is 3. The summed E-state index contributed by atoms with van der Waals surface area (Å²) in [5.41, 5.74) is -1.04. The molecule has 0 aliphatic heterocycles. The van der Waals surface area contributed by atoms with Gasteiger partial charge in [0.25, 0.3) is 5.88 Å². The molecule has 0 spiro atoms. The van der Waals surface area contributed by atoms with Crippen molar-refractivity contribution in [3.05, 3.63) is 78.7 Å². The number of benzene rings is 2. The third kappa shape index (κ3) is 4.37. The van der Waals surface area contributed by atoms with E-state index in [1.54, 1.807) is 12.1 Å². The summed E-state index contributed by atoms with van der Waals surface area (Å²) < 4.78 is 20.7. The zero-order valence-electron chi connectivity index (χ0n) is 15.8. The van der Waals surface area contributed by atoms with Crippen LogP contribution in [0.5, 0.6) is 5.88 Å². The van der Waals surface area contributed by atoms with Gasteiger partial charge in [-0.1, -0.05) is 29.3 Å². The minimum Gasteiger partial charge on any atom is -0.476 e. The fourth-order valence-corrected chi connectivity index (χ4v) is 3.00. The minimum atomic E-state index is -0.799. The maximum atomic E-state index is 14.0. The van der Waals surface area contributed by atoms with Crippen LogP contribution in [-0.4, -0.2) is 27.4 Å². The summed E-state index contributed by atoms with van der Waals surface area (Å²) in [6, 6.07) is 8.25. The van der Waals surface area contributed by atoms with Gasteiger partial charge < -0.3 is 10.1 Å². The monoisotopic (exact) mass is 452 g/mol. The van der Waals surface area contributed by atoms with Crippen molar-refractivity contribution in [3.8, 4) is 11.6 Å². The van der Waals surface area contributed by atoms with Crippen LogP contribution in [0.15, 0.2) is 46.0 Å². The van der Waals surface area contributed by atoms with Crippen molar-refractivity contribution in [2.75, 3.05) is 12.4 Å². The van der Waals surface area contributed by atoms with E-state index in [0.29, 0.717) is 10.6 Å². The molecule has 0 bridgehead atoms. The first kappa shape index (κ1) is 21.5. The number of aromatic nitrogens is 3. The van der Waals surface area contributed by atoms with E-state index in [0.717, 1.165) is 15.3 Å². The summed E-state index contributed by atoms with van der Waals surface area (Å²) in [6.45, 7) is 1.09. The number of ether oxygens (including phenoxy) is 1. The van der Waals surface area contributed by atoms with Crippen LogP contribution in [0.2, 0.25) is 10.0 Å². The van der Waals surface area contributed by atoms with Crippen LogP contribution in [0.1, 0.15) is 12.5 Å². The number of anilines is 1. The molecule has 3 aromatic rings. The lowest BCUT2D eigenvalue weighted by atomic mass is 10.2. The molecule has 0 fully saturated rings. The molecule has 30 heavy (non-hydrogen) atoms. The second-order valence-corrected chi connectivity index (χ2v) is 7.00. The highest BCUT2D eigenvalue weighted by Gasteiger charge is 2.17. The number of rotatable bonds is 5. The van der Waals surface area contributed by atoms with Crippen LogP contribution in [0.3, 0.4) is 0 Å². The summed E-state index contributed by atoms with van der Waals surface area (Å²) in [6.07, 6.45) is 0. The first-order chi connectivity index (χ1) is 14.2. The molecule has 0 saturated carbocycles. The second kappa shape index (κ2) is 8.68. The normalized spacial score (nSPS) is 10.7. The van der Waals surface area contributed by atoms with E-state index in [4.69, 9.17) is 27.9 Å². The molecule has 0 atom stereocenters. The summed E-state index contributed by atoms with van der Waals surface area (Å²) >= 11 is 11.9. The Morgan fingerprint density at radius 2 is 1.90 bits per heavy atom. The Kier molecular flexibility index (Phi) is 6.23.